The third-order valence-electron chi connectivity index (χ3n) is 1.27. The van der Waals surface area contributed by atoms with Gasteiger partial charge in [0.2, 0.25) is 0 Å². The van der Waals surface area contributed by atoms with Crippen molar-refractivity contribution in [1.29, 1.82) is 0 Å². The van der Waals surface area contributed by atoms with E-state index < -0.39 is 0 Å². The number of hydrogen-bond donors (Lipinski definition) is 0. The summed E-state index contributed by atoms with van der Waals surface area (Å²) in [6, 6.07) is 1.63. The van der Waals surface area contributed by atoms with E-state index >= 15 is 0 Å². The van der Waals surface area contributed by atoms with Crippen LogP contribution in [0.25, 0.3) is 0 Å². The molecule has 0 aliphatic heterocycles. The summed E-state index contributed by atoms with van der Waals surface area (Å²) in [6.45, 7) is 3.52. The van der Waals surface area contributed by atoms with E-state index in [1.807, 2.05) is 6.92 Å². The van der Waals surface area contributed by atoms with E-state index in [2.05, 4.69) is 9.97 Å². The van der Waals surface area contributed by atoms with Crippen LogP contribution in [0, 0.1) is 0 Å². The smallest absolute Gasteiger partial charge is 0.188 e. The molecule has 0 aliphatic carbocycles. The molecule has 0 unspecified atom stereocenters. The van der Waals surface area contributed by atoms with Crippen molar-refractivity contribution in [1.82, 2.24) is 9.97 Å². The van der Waals surface area contributed by atoms with Crippen LogP contribution >= 0.6 is 11.8 Å². The molecule has 0 N–H and O–H groups in total. The molecule has 0 saturated carbocycles. The number of carbonyl (C=O) groups is 1. The zero-order chi connectivity index (χ0) is 8.97. The molecule has 1 aromatic rings. The highest BCUT2D eigenvalue weighted by molar-refractivity contribution is 7.99. The number of carbonyl (C=O) groups excluding carboxylic acids is 1. The first-order valence-corrected chi connectivity index (χ1v) is 4.69. The van der Waals surface area contributed by atoms with Crippen LogP contribution in [-0.4, -0.2) is 21.5 Å². The third kappa shape index (κ3) is 2.30. The summed E-state index contributed by atoms with van der Waals surface area (Å²) in [5.41, 5.74) is 0.487. The lowest BCUT2D eigenvalue weighted by molar-refractivity contribution is 0.101. The lowest BCUT2D eigenvalue weighted by Gasteiger charge is -1.97. The maximum absolute atomic E-state index is 10.9. The Morgan fingerprint density at radius 3 is 3.00 bits per heavy atom. The fraction of sp³-hybridized carbons (Fsp3) is 0.375. The Kier molecular flexibility index (Phi) is 3.22. The predicted molar refractivity (Wildman–Crippen MR) is 48.4 cm³/mol. The van der Waals surface area contributed by atoms with Gasteiger partial charge in [-0.25, -0.2) is 9.97 Å². The average Bonchev–Trinajstić information content (AvgIpc) is 2.05. The van der Waals surface area contributed by atoms with Gasteiger partial charge >= 0.3 is 0 Å². The molecule has 0 radical (unpaired) electrons. The fourth-order valence-electron chi connectivity index (χ4n) is 0.736. The zero-order valence-electron chi connectivity index (χ0n) is 7.07. The molecular formula is C8H10N2OS. The summed E-state index contributed by atoms with van der Waals surface area (Å²) in [6.07, 6.45) is 1.61. The Morgan fingerprint density at radius 2 is 2.42 bits per heavy atom. The maximum Gasteiger partial charge on any atom is 0.188 e. The van der Waals surface area contributed by atoms with E-state index in [-0.39, 0.29) is 5.78 Å². The predicted octanol–water partition coefficient (Wildman–Crippen LogP) is 1.79. The highest BCUT2D eigenvalue weighted by atomic mass is 32.2. The van der Waals surface area contributed by atoms with Crippen molar-refractivity contribution in [2.45, 2.75) is 19.0 Å². The van der Waals surface area contributed by atoms with Gasteiger partial charge in [-0.05, 0) is 11.8 Å². The Morgan fingerprint density at radius 1 is 1.67 bits per heavy atom. The molecule has 1 heterocycles. The molecule has 1 rings (SSSR count). The van der Waals surface area contributed by atoms with Crippen LogP contribution in [0.4, 0.5) is 0 Å². The maximum atomic E-state index is 10.9. The first-order valence-electron chi connectivity index (χ1n) is 3.71. The molecule has 3 nitrogen and oxygen atoms in total. The second-order valence-electron chi connectivity index (χ2n) is 2.21. The van der Waals surface area contributed by atoms with Gasteiger partial charge in [-0.2, -0.15) is 0 Å². The van der Waals surface area contributed by atoms with Gasteiger partial charge in [0.1, 0.15) is 5.69 Å². The molecule has 0 saturated heterocycles. The first kappa shape index (κ1) is 9.19. The largest absolute Gasteiger partial charge is 0.293 e. The molecule has 0 aliphatic rings. The quantitative estimate of drug-likeness (QED) is 0.406. The summed E-state index contributed by atoms with van der Waals surface area (Å²) in [4.78, 5) is 19.0. The minimum absolute atomic E-state index is 0.0182. The molecule has 0 atom stereocenters. The zero-order valence-corrected chi connectivity index (χ0v) is 7.89. The molecule has 0 spiro atoms. The van der Waals surface area contributed by atoms with Crippen LogP contribution in [0.3, 0.4) is 0 Å². The number of thioether (sulfide) groups is 1. The Balaban J connectivity index is 2.88. The monoisotopic (exact) mass is 182 g/mol. The van der Waals surface area contributed by atoms with Crippen molar-refractivity contribution in [3.8, 4) is 0 Å². The van der Waals surface area contributed by atoms with Crippen LogP contribution in [0.2, 0.25) is 0 Å². The average molecular weight is 182 g/mol. The highest BCUT2D eigenvalue weighted by Gasteiger charge is 2.02. The minimum atomic E-state index is -0.0182. The Bertz CT molecular complexity index is 288. The van der Waals surface area contributed by atoms with Gasteiger partial charge in [0.15, 0.2) is 10.9 Å². The molecule has 0 aromatic carbocycles. The summed E-state index contributed by atoms with van der Waals surface area (Å²) in [5.74, 6) is 0.900. The van der Waals surface area contributed by atoms with Gasteiger partial charge in [0.25, 0.3) is 0 Å². The molecule has 64 valence electrons. The molecule has 12 heavy (non-hydrogen) atoms. The van der Waals surface area contributed by atoms with Gasteiger partial charge in [-0.3, -0.25) is 4.79 Å². The SMILES string of the molecule is CCSc1nccc(C(C)=O)n1. The van der Waals surface area contributed by atoms with Crippen LogP contribution in [0.1, 0.15) is 24.3 Å². The van der Waals surface area contributed by atoms with E-state index in [4.69, 9.17) is 0 Å². The number of ketones is 1. The lowest BCUT2D eigenvalue weighted by atomic mass is 10.3. The number of aromatic nitrogens is 2. The van der Waals surface area contributed by atoms with Crippen molar-refractivity contribution < 1.29 is 4.79 Å². The number of hydrogen-bond acceptors (Lipinski definition) is 4. The van der Waals surface area contributed by atoms with Crippen LogP contribution in [-0.2, 0) is 0 Å². The Labute approximate surface area is 75.6 Å². The molecule has 0 bridgehead atoms. The van der Waals surface area contributed by atoms with E-state index in [0.29, 0.717) is 10.9 Å². The second-order valence-corrected chi connectivity index (χ2v) is 3.44. The molecule has 1 aromatic heterocycles. The third-order valence-corrected chi connectivity index (χ3v) is 2.01. The van der Waals surface area contributed by atoms with Crippen molar-refractivity contribution >= 4 is 17.5 Å². The normalized spacial score (nSPS) is 9.83. The second kappa shape index (κ2) is 4.21. The van der Waals surface area contributed by atoms with Gasteiger partial charge in [0.05, 0.1) is 0 Å². The van der Waals surface area contributed by atoms with Gasteiger partial charge < -0.3 is 0 Å². The molecule has 0 amide bonds. The van der Waals surface area contributed by atoms with E-state index in [1.165, 1.54) is 18.7 Å². The summed E-state index contributed by atoms with van der Waals surface area (Å²) < 4.78 is 0. The standard InChI is InChI=1S/C8H10N2OS/c1-3-12-8-9-5-4-7(10-8)6(2)11/h4-5H,3H2,1-2H3. The molecule has 0 fully saturated rings. The molecular weight excluding hydrogens is 172 g/mol. The minimum Gasteiger partial charge on any atom is -0.293 e. The van der Waals surface area contributed by atoms with Crippen LogP contribution < -0.4 is 0 Å². The highest BCUT2D eigenvalue weighted by Crippen LogP contribution is 2.11. The fourth-order valence-corrected chi connectivity index (χ4v) is 1.29. The topological polar surface area (TPSA) is 42.9 Å². The summed E-state index contributed by atoms with van der Waals surface area (Å²) >= 11 is 1.53. The van der Waals surface area contributed by atoms with E-state index in [1.54, 1.807) is 12.3 Å². The first-order chi connectivity index (χ1) is 5.74. The lowest BCUT2D eigenvalue weighted by Crippen LogP contribution is -1.98. The van der Waals surface area contributed by atoms with E-state index in [9.17, 15) is 4.79 Å². The van der Waals surface area contributed by atoms with Gasteiger partial charge in [-0.1, -0.05) is 18.7 Å². The van der Waals surface area contributed by atoms with E-state index in [0.717, 1.165) is 5.75 Å². The van der Waals surface area contributed by atoms with Crippen LogP contribution in [0.5, 0.6) is 0 Å². The molecule has 4 heteroatoms. The van der Waals surface area contributed by atoms with Crippen molar-refractivity contribution in [3.05, 3.63) is 18.0 Å². The van der Waals surface area contributed by atoms with Crippen molar-refractivity contribution in [2.24, 2.45) is 0 Å². The van der Waals surface area contributed by atoms with Crippen LogP contribution in [0.15, 0.2) is 17.4 Å². The number of rotatable bonds is 3. The van der Waals surface area contributed by atoms with Gasteiger partial charge in [-0.15, -0.1) is 0 Å². The van der Waals surface area contributed by atoms with Crippen molar-refractivity contribution in [3.63, 3.8) is 0 Å². The number of nitrogens with zero attached hydrogens (tertiary/aromatic N) is 2. The number of Topliss-reactive ketones (excluding diaryl/α,β-unsaturated/α-hetero) is 1. The van der Waals surface area contributed by atoms with Crippen molar-refractivity contribution in [2.75, 3.05) is 5.75 Å². The summed E-state index contributed by atoms with van der Waals surface area (Å²) in [7, 11) is 0. The summed E-state index contributed by atoms with van der Waals surface area (Å²) in [5, 5.41) is 0.671. The van der Waals surface area contributed by atoms with Gasteiger partial charge in [0, 0.05) is 13.1 Å². The Hall–Kier alpha value is -0.900.